The highest BCUT2D eigenvalue weighted by molar-refractivity contribution is 9.10. The van der Waals surface area contributed by atoms with Gasteiger partial charge in [-0.2, -0.15) is 0 Å². The molecule has 0 aliphatic carbocycles. The van der Waals surface area contributed by atoms with Gasteiger partial charge >= 0.3 is 6.03 Å². The normalized spacial score (nSPS) is 10.2. The van der Waals surface area contributed by atoms with Crippen LogP contribution in [0.5, 0.6) is 0 Å². The molecule has 2 aromatic carbocycles. The molecule has 2 aromatic rings. The number of hydrogen-bond acceptors (Lipinski definition) is 1. The molecular weight excluding hydrogens is 352 g/mol. The van der Waals surface area contributed by atoms with Crippen molar-refractivity contribution >= 4 is 33.6 Å². The van der Waals surface area contributed by atoms with Gasteiger partial charge in [0.2, 0.25) is 0 Å². The van der Waals surface area contributed by atoms with Crippen LogP contribution in [0, 0.1) is 0 Å². The first-order chi connectivity index (χ1) is 10.1. The summed E-state index contributed by atoms with van der Waals surface area (Å²) in [5.41, 5.74) is 2.08. The fourth-order valence-electron chi connectivity index (χ4n) is 1.90. The van der Waals surface area contributed by atoms with Crippen LogP contribution in [0.2, 0.25) is 5.02 Å². The van der Waals surface area contributed by atoms with Crippen molar-refractivity contribution in [2.45, 2.75) is 13.0 Å². The molecule has 0 heterocycles. The maximum atomic E-state index is 11.7. The van der Waals surface area contributed by atoms with E-state index < -0.39 is 0 Å². The van der Waals surface area contributed by atoms with E-state index in [0.29, 0.717) is 19.5 Å². The molecule has 2 N–H and O–H groups in total. The molecule has 0 aliphatic rings. The Balaban J connectivity index is 1.72. The van der Waals surface area contributed by atoms with E-state index in [4.69, 9.17) is 11.6 Å². The van der Waals surface area contributed by atoms with Crippen LogP contribution in [0.1, 0.15) is 11.1 Å². The summed E-state index contributed by atoms with van der Waals surface area (Å²) in [5.74, 6) is 0. The van der Waals surface area contributed by atoms with Gasteiger partial charge in [-0.1, -0.05) is 57.9 Å². The second kappa shape index (κ2) is 8.05. The molecule has 0 unspecified atom stereocenters. The van der Waals surface area contributed by atoms with Gasteiger partial charge in [-0.05, 0) is 35.7 Å². The highest BCUT2D eigenvalue weighted by Gasteiger charge is 2.02. The Labute approximate surface area is 137 Å². The Morgan fingerprint density at radius 3 is 2.67 bits per heavy atom. The average molecular weight is 368 g/mol. The van der Waals surface area contributed by atoms with E-state index in [2.05, 4.69) is 26.6 Å². The third kappa shape index (κ3) is 5.40. The Bertz CT molecular complexity index is 619. The van der Waals surface area contributed by atoms with Crippen molar-refractivity contribution in [3.05, 3.63) is 69.2 Å². The third-order valence-corrected chi connectivity index (χ3v) is 3.84. The first-order valence-corrected chi connectivity index (χ1v) is 7.82. The summed E-state index contributed by atoms with van der Waals surface area (Å²) < 4.78 is 1.00. The maximum Gasteiger partial charge on any atom is 0.315 e. The van der Waals surface area contributed by atoms with Crippen LogP contribution < -0.4 is 10.6 Å². The summed E-state index contributed by atoms with van der Waals surface area (Å²) in [7, 11) is 0. The summed E-state index contributed by atoms with van der Waals surface area (Å²) >= 11 is 9.47. The van der Waals surface area contributed by atoms with Crippen molar-refractivity contribution in [1.29, 1.82) is 0 Å². The summed E-state index contributed by atoms with van der Waals surface area (Å²) in [6.07, 6.45) is 0.712. The zero-order valence-electron chi connectivity index (χ0n) is 11.4. The molecule has 2 amide bonds. The average Bonchev–Trinajstić information content (AvgIpc) is 2.47. The second-order valence-corrected chi connectivity index (χ2v) is 5.90. The van der Waals surface area contributed by atoms with Gasteiger partial charge in [0, 0.05) is 22.6 Å². The van der Waals surface area contributed by atoms with Crippen molar-refractivity contribution in [1.82, 2.24) is 10.6 Å². The van der Waals surface area contributed by atoms with Gasteiger partial charge in [0.15, 0.2) is 0 Å². The van der Waals surface area contributed by atoms with E-state index in [1.54, 1.807) is 0 Å². The van der Waals surface area contributed by atoms with Crippen LogP contribution in [-0.4, -0.2) is 12.6 Å². The Morgan fingerprint density at radius 1 is 1.10 bits per heavy atom. The predicted octanol–water partition coefficient (Wildman–Crippen LogP) is 4.14. The monoisotopic (exact) mass is 366 g/mol. The van der Waals surface area contributed by atoms with Gasteiger partial charge in [-0.15, -0.1) is 0 Å². The maximum absolute atomic E-state index is 11.7. The Morgan fingerprint density at radius 2 is 1.90 bits per heavy atom. The second-order valence-electron chi connectivity index (χ2n) is 4.58. The fraction of sp³-hybridized carbons (Fsp3) is 0.188. The topological polar surface area (TPSA) is 41.1 Å². The van der Waals surface area contributed by atoms with Crippen molar-refractivity contribution in [2.24, 2.45) is 0 Å². The smallest absolute Gasteiger partial charge is 0.315 e. The highest BCUT2D eigenvalue weighted by Crippen LogP contribution is 2.14. The minimum Gasteiger partial charge on any atom is -0.338 e. The Hall–Kier alpha value is -1.52. The Kier molecular flexibility index (Phi) is 6.08. The van der Waals surface area contributed by atoms with Crippen molar-refractivity contribution in [3.8, 4) is 0 Å². The van der Waals surface area contributed by atoms with Crippen LogP contribution in [0.4, 0.5) is 4.79 Å². The highest BCUT2D eigenvalue weighted by atomic mass is 79.9. The summed E-state index contributed by atoms with van der Waals surface area (Å²) in [4.78, 5) is 11.7. The molecule has 0 aliphatic heterocycles. The molecule has 0 saturated heterocycles. The van der Waals surface area contributed by atoms with E-state index in [1.807, 2.05) is 48.5 Å². The van der Waals surface area contributed by atoms with Crippen LogP contribution in [-0.2, 0) is 13.0 Å². The van der Waals surface area contributed by atoms with Gasteiger partial charge in [-0.25, -0.2) is 4.79 Å². The summed E-state index contributed by atoms with van der Waals surface area (Å²) in [6, 6.07) is 15.3. The number of nitrogens with one attached hydrogen (secondary N) is 2. The lowest BCUT2D eigenvalue weighted by Crippen LogP contribution is -2.36. The molecule has 21 heavy (non-hydrogen) atoms. The lowest BCUT2D eigenvalue weighted by molar-refractivity contribution is 0.240. The van der Waals surface area contributed by atoms with E-state index in [1.165, 1.54) is 0 Å². The first-order valence-electron chi connectivity index (χ1n) is 6.65. The number of carbonyl (C=O) groups excluding carboxylic acids is 1. The zero-order chi connectivity index (χ0) is 15.1. The zero-order valence-corrected chi connectivity index (χ0v) is 13.7. The number of rotatable bonds is 5. The quantitative estimate of drug-likeness (QED) is 0.819. The standard InChI is InChI=1S/C16H16BrClN2O/c17-14-6-3-4-12(10-14)11-20-16(21)19-9-8-13-5-1-2-7-15(13)18/h1-7,10H,8-9,11H2,(H2,19,20,21). The SMILES string of the molecule is O=C(NCCc1ccccc1Cl)NCc1cccc(Br)c1. The number of halogens is 2. The summed E-state index contributed by atoms with van der Waals surface area (Å²) in [6.45, 7) is 1.05. The minimum atomic E-state index is -0.179. The third-order valence-electron chi connectivity index (χ3n) is 2.98. The van der Waals surface area contributed by atoms with E-state index in [-0.39, 0.29) is 6.03 Å². The predicted molar refractivity (Wildman–Crippen MR) is 89.5 cm³/mol. The molecule has 110 valence electrons. The lowest BCUT2D eigenvalue weighted by atomic mass is 10.1. The molecule has 0 radical (unpaired) electrons. The summed E-state index contributed by atoms with van der Waals surface area (Å²) in [5, 5.41) is 6.38. The number of amides is 2. The van der Waals surface area contributed by atoms with Gasteiger partial charge in [0.25, 0.3) is 0 Å². The van der Waals surface area contributed by atoms with Crippen LogP contribution >= 0.6 is 27.5 Å². The molecule has 0 saturated carbocycles. The van der Waals surface area contributed by atoms with Gasteiger partial charge < -0.3 is 10.6 Å². The van der Waals surface area contributed by atoms with Crippen molar-refractivity contribution in [2.75, 3.05) is 6.54 Å². The number of benzene rings is 2. The van der Waals surface area contributed by atoms with Crippen LogP contribution in [0.3, 0.4) is 0 Å². The molecule has 0 fully saturated rings. The fourth-order valence-corrected chi connectivity index (χ4v) is 2.58. The van der Waals surface area contributed by atoms with Crippen molar-refractivity contribution < 1.29 is 4.79 Å². The molecule has 0 spiro atoms. The lowest BCUT2D eigenvalue weighted by Gasteiger charge is -2.08. The molecule has 0 atom stereocenters. The van der Waals surface area contributed by atoms with Crippen molar-refractivity contribution in [3.63, 3.8) is 0 Å². The molecule has 2 rings (SSSR count). The number of carbonyl (C=O) groups is 1. The number of urea groups is 1. The van der Waals surface area contributed by atoms with Gasteiger partial charge in [0.05, 0.1) is 0 Å². The molecule has 3 nitrogen and oxygen atoms in total. The van der Waals surface area contributed by atoms with Crippen LogP contribution in [0.25, 0.3) is 0 Å². The van der Waals surface area contributed by atoms with Gasteiger partial charge in [-0.3, -0.25) is 0 Å². The number of hydrogen-bond donors (Lipinski definition) is 2. The molecular formula is C16H16BrClN2O. The van der Waals surface area contributed by atoms with E-state index >= 15 is 0 Å². The van der Waals surface area contributed by atoms with Crippen LogP contribution in [0.15, 0.2) is 53.0 Å². The van der Waals surface area contributed by atoms with E-state index in [0.717, 1.165) is 20.6 Å². The molecule has 5 heteroatoms. The minimum absolute atomic E-state index is 0.179. The van der Waals surface area contributed by atoms with E-state index in [9.17, 15) is 4.79 Å². The largest absolute Gasteiger partial charge is 0.338 e. The van der Waals surface area contributed by atoms with Gasteiger partial charge in [0.1, 0.15) is 0 Å². The molecule has 0 aromatic heterocycles. The first kappa shape index (κ1) is 15.9. The molecule has 0 bridgehead atoms.